The quantitative estimate of drug-likeness (QED) is 0.738. The first-order valence-corrected chi connectivity index (χ1v) is 10.0. The zero-order valence-corrected chi connectivity index (χ0v) is 16.6. The van der Waals surface area contributed by atoms with E-state index in [1.807, 2.05) is 36.4 Å². The predicted octanol–water partition coefficient (Wildman–Crippen LogP) is 4.17. The molecule has 2 N–H and O–H groups in total. The van der Waals surface area contributed by atoms with Crippen molar-refractivity contribution in [3.63, 3.8) is 0 Å². The number of likely N-dealkylation sites (tertiary alicyclic amines) is 1. The number of carbonyl (C=O) groups excluding carboxylic acids is 2. The zero-order chi connectivity index (χ0) is 20.8. The van der Waals surface area contributed by atoms with E-state index in [1.54, 1.807) is 12.1 Å². The van der Waals surface area contributed by atoms with Crippen molar-refractivity contribution in [3.05, 3.63) is 54.1 Å². The van der Waals surface area contributed by atoms with Gasteiger partial charge in [-0.05, 0) is 54.7 Å². The Balaban J connectivity index is 1.66. The van der Waals surface area contributed by atoms with Crippen molar-refractivity contribution < 1.29 is 19.5 Å². The summed E-state index contributed by atoms with van der Waals surface area (Å²) >= 11 is 0. The number of hydrogen-bond donors (Lipinski definition) is 2. The molecule has 1 atom stereocenters. The molecule has 0 aromatic heterocycles. The Labute approximate surface area is 170 Å². The van der Waals surface area contributed by atoms with E-state index in [1.165, 1.54) is 4.90 Å². The smallest absolute Gasteiger partial charge is 0.326 e. The maximum absolute atomic E-state index is 12.7. The third kappa shape index (κ3) is 5.02. The molecule has 0 unspecified atom stereocenters. The Morgan fingerprint density at radius 3 is 2.24 bits per heavy atom. The fourth-order valence-electron chi connectivity index (χ4n) is 3.54. The van der Waals surface area contributed by atoms with Crippen LogP contribution in [0.2, 0.25) is 0 Å². The second kappa shape index (κ2) is 9.37. The van der Waals surface area contributed by atoms with Crippen LogP contribution in [0.5, 0.6) is 0 Å². The average molecular weight is 394 g/mol. The van der Waals surface area contributed by atoms with Crippen LogP contribution in [0.3, 0.4) is 0 Å². The van der Waals surface area contributed by atoms with E-state index >= 15 is 0 Å². The molecule has 2 aromatic carbocycles. The molecule has 1 fully saturated rings. The molecule has 0 spiro atoms. The van der Waals surface area contributed by atoms with Crippen LogP contribution in [0.1, 0.15) is 49.4 Å². The molecule has 2 aromatic rings. The van der Waals surface area contributed by atoms with Gasteiger partial charge in [-0.1, -0.05) is 37.6 Å². The molecule has 0 radical (unpaired) electrons. The predicted molar refractivity (Wildman–Crippen MR) is 112 cm³/mol. The van der Waals surface area contributed by atoms with Crippen LogP contribution >= 0.6 is 0 Å². The molecule has 0 bridgehead atoms. The van der Waals surface area contributed by atoms with Crippen molar-refractivity contribution in [2.75, 3.05) is 11.9 Å². The lowest BCUT2D eigenvalue weighted by atomic mass is 10.0. The third-order valence-corrected chi connectivity index (χ3v) is 5.19. The van der Waals surface area contributed by atoms with Gasteiger partial charge in [0.15, 0.2) is 0 Å². The molecule has 1 saturated heterocycles. The van der Waals surface area contributed by atoms with E-state index in [0.29, 0.717) is 31.4 Å². The van der Waals surface area contributed by atoms with Gasteiger partial charge in [-0.3, -0.25) is 9.59 Å². The molecule has 3 rings (SSSR count). The summed E-state index contributed by atoms with van der Waals surface area (Å²) < 4.78 is 0. The van der Waals surface area contributed by atoms with Crippen molar-refractivity contribution in [3.8, 4) is 11.1 Å². The maximum Gasteiger partial charge on any atom is 0.326 e. The van der Waals surface area contributed by atoms with Gasteiger partial charge in [0, 0.05) is 24.2 Å². The number of nitrogens with one attached hydrogen (secondary N) is 1. The number of nitrogens with zero attached hydrogens (tertiary/aromatic N) is 1. The lowest BCUT2D eigenvalue weighted by Crippen LogP contribution is -2.40. The Kier molecular flexibility index (Phi) is 6.65. The van der Waals surface area contributed by atoms with Gasteiger partial charge in [-0.2, -0.15) is 0 Å². The average Bonchev–Trinajstić information content (AvgIpc) is 3.23. The first-order chi connectivity index (χ1) is 14.0. The number of aliphatic carboxylic acids is 1. The Bertz CT molecular complexity index is 875. The van der Waals surface area contributed by atoms with Crippen molar-refractivity contribution in [1.29, 1.82) is 0 Å². The van der Waals surface area contributed by atoms with Crippen LogP contribution in [-0.2, 0) is 9.59 Å². The van der Waals surface area contributed by atoms with Crippen LogP contribution in [0.25, 0.3) is 11.1 Å². The van der Waals surface area contributed by atoms with E-state index in [4.69, 9.17) is 0 Å². The number of rotatable bonds is 7. The van der Waals surface area contributed by atoms with Crippen molar-refractivity contribution in [2.24, 2.45) is 0 Å². The largest absolute Gasteiger partial charge is 0.480 e. The van der Waals surface area contributed by atoms with Gasteiger partial charge in [0.05, 0.1) is 0 Å². The van der Waals surface area contributed by atoms with E-state index in [2.05, 4.69) is 12.2 Å². The summed E-state index contributed by atoms with van der Waals surface area (Å²) in [6, 6.07) is 14.0. The van der Waals surface area contributed by atoms with Gasteiger partial charge >= 0.3 is 5.97 Å². The molecule has 6 nitrogen and oxygen atoms in total. The minimum atomic E-state index is -0.950. The summed E-state index contributed by atoms with van der Waals surface area (Å²) in [5.74, 6) is -1.18. The highest BCUT2D eigenvalue weighted by Gasteiger charge is 2.34. The van der Waals surface area contributed by atoms with Crippen LogP contribution in [-0.4, -0.2) is 40.4 Å². The first kappa shape index (κ1) is 20.6. The third-order valence-electron chi connectivity index (χ3n) is 5.19. The van der Waals surface area contributed by atoms with Gasteiger partial charge < -0.3 is 15.3 Å². The summed E-state index contributed by atoms with van der Waals surface area (Å²) in [4.78, 5) is 37.2. The second-order valence-corrected chi connectivity index (χ2v) is 7.30. The number of carboxylic acid groups (broad SMARTS) is 1. The van der Waals surface area contributed by atoms with Crippen LogP contribution in [0.4, 0.5) is 5.69 Å². The minimum absolute atomic E-state index is 0.0176. The van der Waals surface area contributed by atoms with Crippen molar-refractivity contribution in [1.82, 2.24) is 4.90 Å². The van der Waals surface area contributed by atoms with E-state index < -0.39 is 12.0 Å². The van der Waals surface area contributed by atoms with Crippen LogP contribution < -0.4 is 5.32 Å². The van der Waals surface area contributed by atoms with Crippen molar-refractivity contribution >= 4 is 23.5 Å². The lowest BCUT2D eigenvalue weighted by Gasteiger charge is -2.21. The number of amides is 2. The van der Waals surface area contributed by atoms with Gasteiger partial charge in [0.2, 0.25) is 5.91 Å². The SMILES string of the molecule is CCCCC(=O)Nc1ccc(-c2ccc(C(=O)N3CCC[C@H]3C(=O)O)cc2)cc1. The lowest BCUT2D eigenvalue weighted by molar-refractivity contribution is -0.141. The van der Waals surface area contributed by atoms with E-state index in [9.17, 15) is 19.5 Å². The monoisotopic (exact) mass is 394 g/mol. The Morgan fingerprint density at radius 1 is 1.03 bits per heavy atom. The number of carboxylic acids is 1. The van der Waals surface area contributed by atoms with Gasteiger partial charge in [-0.25, -0.2) is 4.79 Å². The summed E-state index contributed by atoms with van der Waals surface area (Å²) in [6.45, 7) is 2.53. The summed E-state index contributed by atoms with van der Waals surface area (Å²) in [5, 5.41) is 12.2. The van der Waals surface area contributed by atoms with E-state index in [-0.39, 0.29) is 11.8 Å². The standard InChI is InChI=1S/C23H26N2O4/c1-2-3-6-21(26)24-19-13-11-17(12-14-19)16-7-9-18(10-8-16)22(27)25-15-4-5-20(25)23(28)29/h7-14,20H,2-6,15H2,1H3,(H,24,26)(H,28,29)/t20-/m0/s1. The summed E-state index contributed by atoms with van der Waals surface area (Å²) in [6.07, 6.45) is 3.59. The fourth-order valence-corrected chi connectivity index (χ4v) is 3.54. The van der Waals surface area contributed by atoms with Gasteiger partial charge in [0.25, 0.3) is 5.91 Å². The molecule has 2 amide bonds. The number of benzene rings is 2. The molecular weight excluding hydrogens is 368 g/mol. The zero-order valence-electron chi connectivity index (χ0n) is 16.6. The number of hydrogen-bond acceptors (Lipinski definition) is 3. The molecule has 1 aliphatic heterocycles. The molecule has 0 aliphatic carbocycles. The summed E-state index contributed by atoms with van der Waals surface area (Å²) in [5.41, 5.74) is 3.17. The van der Waals surface area contributed by atoms with Gasteiger partial charge in [0.1, 0.15) is 6.04 Å². The molecule has 1 heterocycles. The van der Waals surface area contributed by atoms with Crippen molar-refractivity contribution in [2.45, 2.75) is 45.1 Å². The molecule has 29 heavy (non-hydrogen) atoms. The Morgan fingerprint density at radius 2 is 1.66 bits per heavy atom. The number of carbonyl (C=O) groups is 3. The number of unbranched alkanes of at least 4 members (excludes halogenated alkanes) is 1. The fraction of sp³-hybridized carbons (Fsp3) is 0.348. The first-order valence-electron chi connectivity index (χ1n) is 10.0. The molecule has 6 heteroatoms. The molecule has 0 saturated carbocycles. The molecule has 1 aliphatic rings. The second-order valence-electron chi connectivity index (χ2n) is 7.30. The van der Waals surface area contributed by atoms with Gasteiger partial charge in [-0.15, -0.1) is 0 Å². The van der Waals surface area contributed by atoms with Crippen LogP contribution in [0.15, 0.2) is 48.5 Å². The minimum Gasteiger partial charge on any atom is -0.480 e. The topological polar surface area (TPSA) is 86.7 Å². The highest BCUT2D eigenvalue weighted by molar-refractivity contribution is 5.97. The maximum atomic E-state index is 12.7. The highest BCUT2D eigenvalue weighted by Crippen LogP contribution is 2.24. The van der Waals surface area contributed by atoms with Crippen LogP contribution in [0, 0.1) is 0 Å². The normalized spacial score (nSPS) is 15.9. The summed E-state index contributed by atoms with van der Waals surface area (Å²) in [7, 11) is 0. The highest BCUT2D eigenvalue weighted by atomic mass is 16.4. The number of anilines is 1. The molecular formula is C23H26N2O4. The molecule has 152 valence electrons. The Hall–Kier alpha value is -3.15. The van der Waals surface area contributed by atoms with E-state index in [0.717, 1.165) is 29.7 Å².